The number of carbonyl (C=O) groups excluding carboxylic acids is 1. The van der Waals surface area contributed by atoms with Crippen molar-refractivity contribution in [3.63, 3.8) is 0 Å². The van der Waals surface area contributed by atoms with Gasteiger partial charge in [-0.05, 0) is 36.2 Å². The molecule has 2 N–H and O–H groups in total. The Kier molecular flexibility index (Phi) is 5.14. The second kappa shape index (κ2) is 7.09. The molecule has 7 nitrogen and oxygen atoms in total. The van der Waals surface area contributed by atoms with Gasteiger partial charge in [-0.25, -0.2) is 23.5 Å². The van der Waals surface area contributed by atoms with E-state index >= 15 is 0 Å². The van der Waals surface area contributed by atoms with E-state index in [1.54, 1.807) is 0 Å². The first kappa shape index (κ1) is 19.6. The molecular formula is C15H13F3N4O3S2. The Bertz CT molecular complexity index is 996. The van der Waals surface area contributed by atoms with Crippen molar-refractivity contribution in [3.8, 4) is 0 Å². The molecule has 0 aliphatic carbocycles. The highest BCUT2D eigenvalue weighted by atomic mass is 32.2. The Morgan fingerprint density at radius 1 is 1.30 bits per heavy atom. The lowest BCUT2D eigenvalue weighted by Crippen LogP contribution is -2.30. The summed E-state index contributed by atoms with van der Waals surface area (Å²) in [4.78, 5) is 21.0. The maximum atomic E-state index is 12.7. The van der Waals surface area contributed by atoms with E-state index in [2.05, 4.69) is 9.97 Å². The van der Waals surface area contributed by atoms with Gasteiger partial charge in [0, 0.05) is 18.4 Å². The normalized spacial score (nSPS) is 14.3. The van der Waals surface area contributed by atoms with Crippen molar-refractivity contribution in [2.24, 2.45) is 5.14 Å². The summed E-state index contributed by atoms with van der Waals surface area (Å²) >= 11 is 0.798. The lowest BCUT2D eigenvalue weighted by molar-refractivity contribution is -0.141. The Balaban J connectivity index is 1.71. The first-order valence-corrected chi connectivity index (χ1v) is 10.1. The molecule has 3 rings (SSSR count). The maximum absolute atomic E-state index is 12.7. The minimum Gasteiger partial charge on any atom is -0.311 e. The maximum Gasteiger partial charge on any atom is 0.433 e. The Hall–Kier alpha value is -2.18. The molecule has 2 heterocycles. The fourth-order valence-electron chi connectivity index (χ4n) is 2.59. The monoisotopic (exact) mass is 418 g/mol. The molecule has 0 radical (unpaired) electrons. The number of aromatic nitrogens is 2. The van der Waals surface area contributed by atoms with Crippen LogP contribution in [0.1, 0.15) is 11.3 Å². The number of benzene rings is 1. The number of hydrogen-bond acceptors (Lipinski definition) is 6. The molecule has 144 valence electrons. The predicted molar refractivity (Wildman–Crippen MR) is 91.6 cm³/mol. The Labute approximate surface area is 156 Å². The van der Waals surface area contributed by atoms with E-state index in [0.29, 0.717) is 24.2 Å². The quantitative estimate of drug-likeness (QED) is 0.600. The van der Waals surface area contributed by atoms with E-state index in [0.717, 1.165) is 24.0 Å². The van der Waals surface area contributed by atoms with Gasteiger partial charge in [-0.1, -0.05) is 11.8 Å². The number of fused-ring (bicyclic) bond motifs is 1. The first-order chi connectivity index (χ1) is 12.6. The van der Waals surface area contributed by atoms with Gasteiger partial charge in [-0.15, -0.1) is 0 Å². The molecule has 1 amide bonds. The summed E-state index contributed by atoms with van der Waals surface area (Å²) in [6.45, 7) is 0.340. The summed E-state index contributed by atoms with van der Waals surface area (Å²) in [6.07, 6.45) is -3.14. The third-order valence-corrected chi connectivity index (χ3v) is 5.58. The number of rotatable bonds is 4. The van der Waals surface area contributed by atoms with Crippen LogP contribution in [0.3, 0.4) is 0 Å². The molecular weight excluding hydrogens is 405 g/mol. The van der Waals surface area contributed by atoms with Crippen LogP contribution in [0.2, 0.25) is 0 Å². The van der Waals surface area contributed by atoms with Crippen molar-refractivity contribution in [2.75, 3.05) is 17.2 Å². The number of hydrogen-bond donors (Lipinski definition) is 1. The van der Waals surface area contributed by atoms with E-state index in [1.807, 2.05) is 0 Å². The lowest BCUT2D eigenvalue weighted by atomic mass is 10.2. The highest BCUT2D eigenvalue weighted by Gasteiger charge is 2.33. The molecule has 27 heavy (non-hydrogen) atoms. The number of thioether (sulfide) groups is 1. The SMILES string of the molecule is NS(=O)(=O)c1ccc2c(c1)CCN2C(=O)CSc1nccc(C(F)(F)F)n1. The van der Waals surface area contributed by atoms with Crippen LogP contribution in [-0.4, -0.2) is 36.6 Å². The van der Waals surface area contributed by atoms with E-state index in [-0.39, 0.29) is 21.7 Å². The predicted octanol–water partition coefficient (Wildman–Crippen LogP) is 1.82. The van der Waals surface area contributed by atoms with Crippen molar-refractivity contribution < 1.29 is 26.4 Å². The van der Waals surface area contributed by atoms with Crippen LogP contribution in [0.4, 0.5) is 18.9 Å². The zero-order chi connectivity index (χ0) is 19.8. The second-order valence-electron chi connectivity index (χ2n) is 5.64. The summed E-state index contributed by atoms with van der Waals surface area (Å²) in [5.41, 5.74) is 0.141. The smallest absolute Gasteiger partial charge is 0.311 e. The van der Waals surface area contributed by atoms with Gasteiger partial charge in [0.05, 0.1) is 10.6 Å². The summed E-state index contributed by atoms with van der Waals surface area (Å²) in [6, 6.07) is 4.97. The molecule has 0 unspecified atom stereocenters. The van der Waals surface area contributed by atoms with Crippen LogP contribution in [0.15, 0.2) is 40.5 Å². The summed E-state index contributed by atoms with van der Waals surface area (Å²) in [5, 5.41) is 4.94. The van der Waals surface area contributed by atoms with E-state index < -0.39 is 21.9 Å². The first-order valence-electron chi connectivity index (χ1n) is 7.55. The number of alkyl halides is 3. The summed E-state index contributed by atoms with van der Waals surface area (Å²) in [7, 11) is -3.84. The zero-order valence-electron chi connectivity index (χ0n) is 13.6. The molecule has 0 spiro atoms. The van der Waals surface area contributed by atoms with Crippen LogP contribution >= 0.6 is 11.8 Å². The van der Waals surface area contributed by atoms with Crippen molar-refractivity contribution in [1.82, 2.24) is 9.97 Å². The van der Waals surface area contributed by atoms with E-state index in [4.69, 9.17) is 5.14 Å². The number of nitrogens with two attached hydrogens (primary N) is 1. The summed E-state index contributed by atoms with van der Waals surface area (Å²) < 4.78 is 60.8. The standard InChI is InChI=1S/C15H13F3N4O3S2/c16-15(17,18)12-3-5-20-14(21-12)26-8-13(23)22-6-4-9-7-10(27(19,24)25)1-2-11(9)22/h1-3,5,7H,4,6,8H2,(H2,19,24,25). The fraction of sp³-hybridized carbons (Fsp3) is 0.267. The minimum atomic E-state index is -4.59. The molecule has 1 aliphatic rings. The average Bonchev–Trinajstić information content (AvgIpc) is 3.01. The van der Waals surface area contributed by atoms with E-state index in [1.165, 1.54) is 23.1 Å². The highest BCUT2D eigenvalue weighted by Crippen LogP contribution is 2.31. The largest absolute Gasteiger partial charge is 0.433 e. The number of nitrogens with zero attached hydrogens (tertiary/aromatic N) is 3. The number of carbonyl (C=O) groups is 1. The van der Waals surface area contributed by atoms with Gasteiger partial charge in [-0.3, -0.25) is 4.79 Å². The van der Waals surface area contributed by atoms with Crippen LogP contribution in [0.5, 0.6) is 0 Å². The van der Waals surface area contributed by atoms with Crippen LogP contribution in [-0.2, 0) is 27.4 Å². The molecule has 1 aliphatic heterocycles. The number of amides is 1. The topological polar surface area (TPSA) is 106 Å². The average molecular weight is 418 g/mol. The molecule has 12 heteroatoms. The molecule has 0 fully saturated rings. The molecule has 2 aromatic rings. The molecule has 0 atom stereocenters. The van der Waals surface area contributed by atoms with Crippen LogP contribution in [0.25, 0.3) is 0 Å². The molecule has 1 aromatic heterocycles. The summed E-state index contributed by atoms with van der Waals surface area (Å²) in [5.74, 6) is -0.499. The van der Waals surface area contributed by atoms with E-state index in [9.17, 15) is 26.4 Å². The number of sulfonamides is 1. The molecule has 0 saturated heterocycles. The van der Waals surface area contributed by atoms with Gasteiger partial charge in [0.25, 0.3) is 0 Å². The number of anilines is 1. The van der Waals surface area contributed by atoms with Gasteiger partial charge in [0.2, 0.25) is 15.9 Å². The molecule has 0 bridgehead atoms. The van der Waals surface area contributed by atoms with Gasteiger partial charge >= 0.3 is 6.18 Å². The van der Waals surface area contributed by atoms with Crippen molar-refractivity contribution in [2.45, 2.75) is 22.6 Å². The van der Waals surface area contributed by atoms with Gasteiger partial charge < -0.3 is 4.90 Å². The van der Waals surface area contributed by atoms with Gasteiger partial charge in [0.1, 0.15) is 5.69 Å². The molecule has 0 saturated carbocycles. The van der Waals surface area contributed by atoms with Crippen LogP contribution in [0, 0.1) is 0 Å². The third kappa shape index (κ3) is 4.39. The fourth-order valence-corrected chi connectivity index (χ4v) is 3.86. The van der Waals surface area contributed by atoms with Crippen molar-refractivity contribution >= 4 is 33.4 Å². The second-order valence-corrected chi connectivity index (χ2v) is 8.15. The molecule has 1 aromatic carbocycles. The Morgan fingerprint density at radius 3 is 2.70 bits per heavy atom. The number of primary sulfonamides is 1. The van der Waals surface area contributed by atoms with Crippen molar-refractivity contribution in [3.05, 3.63) is 41.7 Å². The third-order valence-electron chi connectivity index (χ3n) is 3.82. The highest BCUT2D eigenvalue weighted by molar-refractivity contribution is 7.99. The van der Waals surface area contributed by atoms with Gasteiger partial charge in [0.15, 0.2) is 5.16 Å². The Morgan fingerprint density at radius 2 is 2.04 bits per heavy atom. The number of halogens is 3. The van der Waals surface area contributed by atoms with Gasteiger partial charge in [-0.2, -0.15) is 13.2 Å². The zero-order valence-corrected chi connectivity index (χ0v) is 15.2. The van der Waals surface area contributed by atoms with Crippen LogP contribution < -0.4 is 10.0 Å². The minimum absolute atomic E-state index is 0.0395. The van der Waals surface area contributed by atoms with Crippen molar-refractivity contribution in [1.29, 1.82) is 0 Å². The lowest BCUT2D eigenvalue weighted by Gasteiger charge is -2.17.